The lowest BCUT2D eigenvalue weighted by Crippen LogP contribution is -2.38. The summed E-state index contributed by atoms with van der Waals surface area (Å²) < 4.78 is 14.9. The van der Waals surface area contributed by atoms with E-state index in [1.807, 2.05) is 55.4 Å². The minimum Gasteiger partial charge on any atom is -0.378 e. The van der Waals surface area contributed by atoms with Gasteiger partial charge in [0.2, 0.25) is 0 Å². The number of nitrogens with zero attached hydrogens (tertiary/aromatic N) is 4. The summed E-state index contributed by atoms with van der Waals surface area (Å²) in [5, 5.41) is 6.93. The zero-order valence-corrected chi connectivity index (χ0v) is 18.2. The summed E-state index contributed by atoms with van der Waals surface area (Å²) in [6, 6.07) is 21.5. The highest BCUT2D eigenvalue weighted by Gasteiger charge is 2.40. The zero-order valence-electron chi connectivity index (χ0n) is 17.5. The number of hydrogen-bond acceptors (Lipinski definition) is 5. The van der Waals surface area contributed by atoms with Gasteiger partial charge in [-0.25, -0.2) is 9.40 Å². The van der Waals surface area contributed by atoms with Crippen LogP contribution in [0.1, 0.15) is 18.7 Å². The van der Waals surface area contributed by atoms with Crippen LogP contribution in [0.15, 0.2) is 77.9 Å². The third kappa shape index (κ3) is 3.99. The lowest BCUT2D eigenvalue weighted by atomic mass is 10.1. The highest BCUT2D eigenvalue weighted by atomic mass is 35.5. The fourth-order valence-corrected chi connectivity index (χ4v) is 3.72. The first-order chi connectivity index (χ1) is 14.9. The molecule has 31 heavy (non-hydrogen) atoms. The van der Waals surface area contributed by atoms with Crippen LogP contribution >= 0.6 is 11.6 Å². The highest BCUT2D eigenvalue weighted by molar-refractivity contribution is 6.44. The second-order valence-electron chi connectivity index (χ2n) is 7.48. The van der Waals surface area contributed by atoms with Crippen molar-refractivity contribution in [2.75, 3.05) is 28.9 Å². The summed E-state index contributed by atoms with van der Waals surface area (Å²) in [7, 11) is 3.93. The van der Waals surface area contributed by atoms with Crippen LogP contribution in [0.4, 0.5) is 21.5 Å². The van der Waals surface area contributed by atoms with E-state index in [1.54, 1.807) is 40.2 Å². The number of hydrazone groups is 1. The summed E-state index contributed by atoms with van der Waals surface area (Å²) in [6.07, 6.45) is -0.548. The Hall–Kier alpha value is -3.38. The molecule has 3 aromatic carbocycles. The molecule has 4 rings (SSSR count). The molecular weight excluding hydrogens is 415 g/mol. The minimum absolute atomic E-state index is 0.168. The molecule has 158 valence electrons. The highest BCUT2D eigenvalue weighted by Crippen LogP contribution is 2.40. The van der Waals surface area contributed by atoms with Crippen LogP contribution in [0.5, 0.6) is 0 Å². The predicted molar refractivity (Wildman–Crippen MR) is 124 cm³/mol. The Bertz CT molecular complexity index is 1130. The Morgan fingerprint density at radius 1 is 1.00 bits per heavy atom. The number of para-hydroxylation sites is 1. The maximum atomic E-state index is 14.9. The van der Waals surface area contributed by atoms with Crippen LogP contribution in [0.3, 0.4) is 0 Å². The number of anilines is 3. The Kier molecular flexibility index (Phi) is 5.65. The van der Waals surface area contributed by atoms with Crippen LogP contribution < -0.4 is 14.8 Å². The number of amidine groups is 1. The smallest absolute Gasteiger partial charge is 0.198 e. The number of carbonyl (C=O) groups is 1. The molecule has 5 nitrogen and oxygen atoms in total. The van der Waals surface area contributed by atoms with E-state index in [4.69, 9.17) is 11.6 Å². The molecule has 0 N–H and O–H groups in total. The molecule has 1 aliphatic heterocycles. The number of carbonyl (C=O) groups excluding carboxylic acids is 1. The van der Waals surface area contributed by atoms with Gasteiger partial charge in [-0.2, -0.15) is 0 Å². The molecule has 1 aliphatic rings. The predicted octanol–water partition coefficient (Wildman–Crippen LogP) is 5.47. The molecule has 3 aromatic rings. The number of benzene rings is 3. The van der Waals surface area contributed by atoms with Crippen molar-refractivity contribution < 1.29 is 9.18 Å². The van der Waals surface area contributed by atoms with Gasteiger partial charge in [-0.05, 0) is 54.1 Å². The maximum Gasteiger partial charge on any atom is 0.198 e. The van der Waals surface area contributed by atoms with Crippen LogP contribution in [0.25, 0.3) is 0 Å². The van der Waals surface area contributed by atoms with Gasteiger partial charge in [0.05, 0.1) is 11.4 Å². The van der Waals surface area contributed by atoms with E-state index in [9.17, 15) is 9.18 Å². The third-order valence-corrected chi connectivity index (χ3v) is 5.38. The normalized spacial score (nSPS) is 15.8. The van der Waals surface area contributed by atoms with Crippen molar-refractivity contribution in [3.63, 3.8) is 0 Å². The Morgan fingerprint density at radius 2 is 1.65 bits per heavy atom. The van der Waals surface area contributed by atoms with Gasteiger partial charge in [0, 0.05) is 31.7 Å². The molecule has 1 atom stereocenters. The standard InChI is InChI=1S/C24H22ClFN4O/c1-16(31)23-27-30(20-14-10-18(25)11-15-20)24(17-8-12-19(13-9-17)28(2)3)29(23)22-7-5-4-6-21(22)26/h4-15,24H,1-3H3/t24-/m0/s1. The van der Waals surface area contributed by atoms with E-state index in [2.05, 4.69) is 5.10 Å². The van der Waals surface area contributed by atoms with Gasteiger partial charge >= 0.3 is 0 Å². The molecule has 0 spiro atoms. The van der Waals surface area contributed by atoms with E-state index in [-0.39, 0.29) is 17.3 Å². The van der Waals surface area contributed by atoms with Crippen molar-refractivity contribution in [3.8, 4) is 0 Å². The van der Waals surface area contributed by atoms with Gasteiger partial charge in [-0.15, -0.1) is 5.10 Å². The molecule has 7 heteroatoms. The fourth-order valence-electron chi connectivity index (χ4n) is 3.59. The molecule has 0 aromatic heterocycles. The van der Waals surface area contributed by atoms with Crippen molar-refractivity contribution >= 4 is 40.3 Å². The largest absolute Gasteiger partial charge is 0.378 e. The molecule has 0 bridgehead atoms. The van der Waals surface area contributed by atoms with Gasteiger partial charge < -0.3 is 4.90 Å². The Labute approximate surface area is 186 Å². The van der Waals surface area contributed by atoms with E-state index < -0.39 is 12.0 Å². The van der Waals surface area contributed by atoms with Crippen molar-refractivity contribution in [2.45, 2.75) is 13.1 Å². The monoisotopic (exact) mass is 436 g/mol. The quantitative estimate of drug-likeness (QED) is 0.531. The molecule has 0 saturated heterocycles. The van der Waals surface area contributed by atoms with E-state index in [1.165, 1.54) is 13.0 Å². The summed E-state index contributed by atoms with van der Waals surface area (Å²) in [5.41, 5.74) is 2.92. The number of hydrogen-bond donors (Lipinski definition) is 0. The molecule has 1 heterocycles. The van der Waals surface area contributed by atoms with Crippen molar-refractivity contribution in [2.24, 2.45) is 5.10 Å². The first-order valence-corrected chi connectivity index (χ1v) is 10.2. The molecule has 0 aliphatic carbocycles. The first-order valence-electron chi connectivity index (χ1n) is 9.82. The van der Waals surface area contributed by atoms with Crippen molar-refractivity contribution in [1.29, 1.82) is 0 Å². The summed E-state index contributed by atoms with van der Waals surface area (Å²) in [5.74, 6) is -0.513. The molecule has 0 fully saturated rings. The topological polar surface area (TPSA) is 39.2 Å². The summed E-state index contributed by atoms with van der Waals surface area (Å²) in [4.78, 5) is 16.2. The van der Waals surface area contributed by atoms with Crippen LogP contribution in [0, 0.1) is 5.82 Å². The molecule has 0 unspecified atom stereocenters. The summed E-state index contributed by atoms with van der Waals surface area (Å²) >= 11 is 6.07. The van der Waals surface area contributed by atoms with Crippen molar-refractivity contribution in [3.05, 3.63) is 89.2 Å². The van der Waals surface area contributed by atoms with Gasteiger partial charge in [0.25, 0.3) is 0 Å². The average molecular weight is 437 g/mol. The van der Waals surface area contributed by atoms with Crippen LogP contribution in [-0.4, -0.2) is 25.7 Å². The van der Waals surface area contributed by atoms with Crippen molar-refractivity contribution in [1.82, 2.24) is 0 Å². The average Bonchev–Trinajstić information content (AvgIpc) is 3.15. The second-order valence-corrected chi connectivity index (χ2v) is 7.92. The van der Waals surface area contributed by atoms with Crippen LogP contribution in [-0.2, 0) is 4.79 Å². The number of rotatable bonds is 5. The number of ketones is 1. The lowest BCUT2D eigenvalue weighted by molar-refractivity contribution is -0.111. The van der Waals surface area contributed by atoms with Gasteiger partial charge in [0.15, 0.2) is 17.8 Å². The number of halogens is 2. The van der Waals surface area contributed by atoms with E-state index in [0.717, 1.165) is 16.9 Å². The molecule has 0 saturated carbocycles. The molecular formula is C24H22ClFN4O. The number of Topliss-reactive ketones (excluding diaryl/α,β-unsaturated/α-hetero) is 1. The van der Waals surface area contributed by atoms with E-state index in [0.29, 0.717) is 5.02 Å². The first kappa shape index (κ1) is 20.9. The SMILES string of the molecule is CC(=O)C1=NN(c2ccc(Cl)cc2)[C@@H](c2ccc(N(C)C)cc2)N1c1ccccc1F. The minimum atomic E-state index is -0.548. The van der Waals surface area contributed by atoms with Crippen LogP contribution in [0.2, 0.25) is 5.02 Å². The third-order valence-electron chi connectivity index (χ3n) is 5.13. The Balaban J connectivity index is 1.89. The molecule has 0 radical (unpaired) electrons. The second kappa shape index (κ2) is 8.40. The van der Waals surface area contributed by atoms with Gasteiger partial charge in [-0.1, -0.05) is 35.9 Å². The molecule has 0 amide bonds. The Morgan fingerprint density at radius 3 is 2.23 bits per heavy atom. The van der Waals surface area contributed by atoms with Gasteiger partial charge in [0.1, 0.15) is 5.82 Å². The van der Waals surface area contributed by atoms with Gasteiger partial charge in [-0.3, -0.25) is 9.69 Å². The maximum absolute atomic E-state index is 14.9. The zero-order chi connectivity index (χ0) is 22.1. The summed E-state index contributed by atoms with van der Waals surface area (Å²) in [6.45, 7) is 1.43. The fraction of sp³-hybridized carbons (Fsp3) is 0.167. The lowest BCUT2D eigenvalue weighted by Gasteiger charge is -2.32. The van der Waals surface area contributed by atoms with E-state index >= 15 is 0 Å².